The van der Waals surface area contributed by atoms with E-state index in [-0.39, 0.29) is 6.04 Å². The van der Waals surface area contributed by atoms with E-state index in [2.05, 4.69) is 0 Å². The van der Waals surface area contributed by atoms with Gasteiger partial charge in [0.25, 0.3) is 0 Å². The fourth-order valence-corrected chi connectivity index (χ4v) is 1.27. The van der Waals surface area contributed by atoms with Crippen LogP contribution in [0, 0.1) is 0 Å². The SMILES string of the molecule is C[C@@H](O)[C@@H](N)c1ccc(N(C)C)cc1. The normalized spacial score (nSPS) is 14.9. The Morgan fingerprint density at radius 2 is 1.71 bits per heavy atom. The Morgan fingerprint density at radius 3 is 2.07 bits per heavy atom. The van der Waals surface area contributed by atoms with Gasteiger partial charge < -0.3 is 15.7 Å². The minimum atomic E-state index is -0.514. The summed E-state index contributed by atoms with van der Waals surface area (Å²) in [6, 6.07) is 7.60. The third-order valence-corrected chi connectivity index (χ3v) is 2.31. The van der Waals surface area contributed by atoms with Gasteiger partial charge in [0.05, 0.1) is 12.1 Å². The molecule has 0 saturated heterocycles. The van der Waals surface area contributed by atoms with Crippen molar-refractivity contribution in [2.75, 3.05) is 19.0 Å². The summed E-state index contributed by atoms with van der Waals surface area (Å²) in [5, 5.41) is 9.32. The monoisotopic (exact) mass is 194 g/mol. The number of hydrogen-bond acceptors (Lipinski definition) is 3. The minimum Gasteiger partial charge on any atom is -0.391 e. The number of nitrogens with zero attached hydrogens (tertiary/aromatic N) is 1. The van der Waals surface area contributed by atoms with Crippen LogP contribution in [-0.4, -0.2) is 25.3 Å². The average Bonchev–Trinajstić information content (AvgIpc) is 2.16. The van der Waals surface area contributed by atoms with Crippen LogP contribution in [0.4, 0.5) is 5.69 Å². The highest BCUT2D eigenvalue weighted by Gasteiger charge is 2.11. The molecule has 2 atom stereocenters. The zero-order valence-electron chi connectivity index (χ0n) is 8.94. The molecule has 78 valence electrons. The predicted octanol–water partition coefficient (Wildman–Crippen LogP) is 1.13. The smallest absolute Gasteiger partial charge is 0.0704 e. The molecule has 0 aliphatic rings. The summed E-state index contributed by atoms with van der Waals surface area (Å²) in [6.07, 6.45) is -0.514. The Balaban J connectivity index is 2.83. The molecule has 0 unspecified atom stereocenters. The maximum Gasteiger partial charge on any atom is 0.0704 e. The Hall–Kier alpha value is -1.06. The van der Waals surface area contributed by atoms with Crippen molar-refractivity contribution in [1.82, 2.24) is 0 Å². The second kappa shape index (κ2) is 4.44. The molecule has 3 heteroatoms. The Morgan fingerprint density at radius 1 is 1.21 bits per heavy atom. The number of aliphatic hydroxyl groups is 1. The van der Waals surface area contributed by atoms with Gasteiger partial charge in [0.15, 0.2) is 0 Å². The molecule has 0 amide bonds. The maximum atomic E-state index is 9.32. The summed E-state index contributed by atoms with van der Waals surface area (Å²) in [4.78, 5) is 2.03. The molecule has 1 aromatic carbocycles. The third-order valence-electron chi connectivity index (χ3n) is 2.31. The Labute approximate surface area is 85.2 Å². The number of anilines is 1. The molecule has 3 nitrogen and oxygen atoms in total. The van der Waals surface area contributed by atoms with Crippen molar-refractivity contribution in [3.05, 3.63) is 29.8 Å². The van der Waals surface area contributed by atoms with E-state index in [1.165, 1.54) is 0 Å². The summed E-state index contributed by atoms with van der Waals surface area (Å²) in [5.41, 5.74) is 7.89. The first-order valence-corrected chi connectivity index (χ1v) is 4.73. The Kier molecular flexibility index (Phi) is 3.49. The molecular weight excluding hydrogens is 176 g/mol. The second-order valence-corrected chi connectivity index (χ2v) is 3.75. The largest absolute Gasteiger partial charge is 0.391 e. The minimum absolute atomic E-state index is 0.300. The lowest BCUT2D eigenvalue weighted by Crippen LogP contribution is -2.23. The van der Waals surface area contributed by atoms with E-state index in [1.807, 2.05) is 43.3 Å². The highest BCUT2D eigenvalue weighted by molar-refractivity contribution is 5.46. The van der Waals surface area contributed by atoms with E-state index >= 15 is 0 Å². The molecule has 0 heterocycles. The molecule has 0 aliphatic heterocycles. The van der Waals surface area contributed by atoms with E-state index < -0.39 is 6.10 Å². The maximum absolute atomic E-state index is 9.32. The van der Waals surface area contributed by atoms with Crippen molar-refractivity contribution in [1.29, 1.82) is 0 Å². The van der Waals surface area contributed by atoms with Gasteiger partial charge in [-0.3, -0.25) is 0 Å². The van der Waals surface area contributed by atoms with Crippen LogP contribution in [0.1, 0.15) is 18.5 Å². The average molecular weight is 194 g/mol. The van der Waals surface area contributed by atoms with Crippen LogP contribution >= 0.6 is 0 Å². The molecule has 0 spiro atoms. The van der Waals surface area contributed by atoms with Crippen molar-refractivity contribution in [3.8, 4) is 0 Å². The van der Waals surface area contributed by atoms with Gasteiger partial charge in [0.2, 0.25) is 0 Å². The number of aliphatic hydroxyl groups excluding tert-OH is 1. The van der Waals surface area contributed by atoms with Gasteiger partial charge in [-0.1, -0.05) is 12.1 Å². The predicted molar refractivity (Wildman–Crippen MR) is 59.4 cm³/mol. The van der Waals surface area contributed by atoms with E-state index in [4.69, 9.17) is 5.73 Å². The van der Waals surface area contributed by atoms with Crippen molar-refractivity contribution >= 4 is 5.69 Å². The van der Waals surface area contributed by atoms with E-state index in [0.29, 0.717) is 0 Å². The van der Waals surface area contributed by atoms with Crippen LogP contribution in [0.5, 0.6) is 0 Å². The number of nitrogens with two attached hydrogens (primary N) is 1. The highest BCUT2D eigenvalue weighted by atomic mass is 16.3. The quantitative estimate of drug-likeness (QED) is 0.758. The van der Waals surface area contributed by atoms with Crippen LogP contribution in [0.3, 0.4) is 0 Å². The van der Waals surface area contributed by atoms with Crippen LogP contribution in [0.25, 0.3) is 0 Å². The van der Waals surface area contributed by atoms with Gasteiger partial charge in [0.1, 0.15) is 0 Å². The van der Waals surface area contributed by atoms with Gasteiger partial charge in [0, 0.05) is 19.8 Å². The van der Waals surface area contributed by atoms with Crippen LogP contribution < -0.4 is 10.6 Å². The summed E-state index contributed by atoms with van der Waals surface area (Å²) < 4.78 is 0. The number of hydrogen-bond donors (Lipinski definition) is 2. The second-order valence-electron chi connectivity index (χ2n) is 3.75. The van der Waals surface area contributed by atoms with Gasteiger partial charge >= 0.3 is 0 Å². The summed E-state index contributed by atoms with van der Waals surface area (Å²) in [6.45, 7) is 1.70. The topological polar surface area (TPSA) is 49.5 Å². The lowest BCUT2D eigenvalue weighted by atomic mass is 10.0. The first-order valence-electron chi connectivity index (χ1n) is 4.73. The fourth-order valence-electron chi connectivity index (χ4n) is 1.27. The van der Waals surface area contributed by atoms with Crippen molar-refractivity contribution < 1.29 is 5.11 Å². The number of rotatable bonds is 3. The molecule has 14 heavy (non-hydrogen) atoms. The third kappa shape index (κ3) is 2.47. The molecule has 0 saturated carbocycles. The molecular formula is C11H18N2O. The molecule has 0 aliphatic carbocycles. The van der Waals surface area contributed by atoms with Gasteiger partial charge in [-0.2, -0.15) is 0 Å². The van der Waals surface area contributed by atoms with Crippen LogP contribution in [0.2, 0.25) is 0 Å². The standard InChI is InChI=1S/C11H18N2O/c1-8(14)11(12)9-4-6-10(7-5-9)13(2)3/h4-8,11,14H,12H2,1-3H3/t8-,11-/m1/s1. The summed E-state index contributed by atoms with van der Waals surface area (Å²) >= 11 is 0. The van der Waals surface area contributed by atoms with Crippen molar-refractivity contribution in [2.45, 2.75) is 19.1 Å². The van der Waals surface area contributed by atoms with Crippen molar-refractivity contribution in [2.24, 2.45) is 5.73 Å². The molecule has 1 aromatic rings. The fraction of sp³-hybridized carbons (Fsp3) is 0.455. The first kappa shape index (κ1) is 11.0. The molecule has 1 rings (SSSR count). The first-order chi connectivity index (χ1) is 6.52. The highest BCUT2D eigenvalue weighted by Crippen LogP contribution is 2.18. The molecule has 0 radical (unpaired) electrons. The summed E-state index contributed by atoms with van der Waals surface area (Å²) in [7, 11) is 3.98. The van der Waals surface area contributed by atoms with E-state index in [1.54, 1.807) is 6.92 Å². The van der Waals surface area contributed by atoms with E-state index in [0.717, 1.165) is 11.3 Å². The lowest BCUT2D eigenvalue weighted by molar-refractivity contribution is 0.164. The van der Waals surface area contributed by atoms with Crippen LogP contribution in [-0.2, 0) is 0 Å². The van der Waals surface area contributed by atoms with E-state index in [9.17, 15) is 5.11 Å². The van der Waals surface area contributed by atoms with Gasteiger partial charge in [-0.05, 0) is 24.6 Å². The van der Waals surface area contributed by atoms with Gasteiger partial charge in [-0.15, -0.1) is 0 Å². The molecule has 0 aromatic heterocycles. The van der Waals surface area contributed by atoms with Crippen molar-refractivity contribution in [3.63, 3.8) is 0 Å². The van der Waals surface area contributed by atoms with Crippen LogP contribution in [0.15, 0.2) is 24.3 Å². The molecule has 0 bridgehead atoms. The lowest BCUT2D eigenvalue weighted by Gasteiger charge is -2.17. The Bertz CT molecular complexity index is 280. The van der Waals surface area contributed by atoms with Gasteiger partial charge in [-0.25, -0.2) is 0 Å². The number of benzene rings is 1. The zero-order chi connectivity index (χ0) is 10.7. The molecule has 0 fully saturated rings. The zero-order valence-corrected chi connectivity index (χ0v) is 8.94. The molecule has 3 N–H and O–H groups in total. The summed E-state index contributed by atoms with van der Waals surface area (Å²) in [5.74, 6) is 0.